The molecule has 0 spiro atoms. The second-order valence-electron chi connectivity index (χ2n) is 5.31. The van der Waals surface area contributed by atoms with Gasteiger partial charge in [0.25, 0.3) is 0 Å². The summed E-state index contributed by atoms with van der Waals surface area (Å²) >= 11 is 0. The molecule has 0 bridgehead atoms. The van der Waals surface area contributed by atoms with E-state index in [2.05, 4.69) is 9.62 Å². The second-order valence-corrected chi connectivity index (χ2v) is 7.07. The molecule has 6 nitrogen and oxygen atoms in total. The van der Waals surface area contributed by atoms with E-state index in [9.17, 15) is 8.42 Å². The molecule has 7 heteroatoms. The van der Waals surface area contributed by atoms with Gasteiger partial charge >= 0.3 is 0 Å². The first-order chi connectivity index (χ1) is 9.97. The van der Waals surface area contributed by atoms with Crippen molar-refractivity contribution in [2.75, 3.05) is 27.2 Å². The fourth-order valence-corrected chi connectivity index (χ4v) is 3.73. The number of hydrogen-bond acceptors (Lipinski definition) is 5. The molecule has 2 rings (SSSR count). The number of sulfonamides is 1. The van der Waals surface area contributed by atoms with Crippen LogP contribution in [0.2, 0.25) is 0 Å². The molecule has 1 saturated heterocycles. The number of nitrogens with one attached hydrogen (secondary N) is 1. The van der Waals surface area contributed by atoms with Crippen LogP contribution in [0.3, 0.4) is 0 Å². The topological polar surface area (TPSA) is 84.7 Å². The van der Waals surface area contributed by atoms with E-state index in [1.165, 1.54) is 7.11 Å². The van der Waals surface area contributed by atoms with Crippen molar-refractivity contribution < 1.29 is 13.2 Å². The number of hydrogen-bond donors (Lipinski definition) is 2. The number of ether oxygens (including phenoxy) is 1. The minimum Gasteiger partial charge on any atom is -0.496 e. The predicted molar refractivity (Wildman–Crippen MR) is 81.7 cm³/mol. The summed E-state index contributed by atoms with van der Waals surface area (Å²) in [5.74, 6) is 0.604. The lowest BCUT2D eigenvalue weighted by Gasteiger charge is -2.19. The summed E-state index contributed by atoms with van der Waals surface area (Å²) in [5, 5.41) is 0. The summed E-state index contributed by atoms with van der Waals surface area (Å²) in [6.07, 6.45) is 2.14. The summed E-state index contributed by atoms with van der Waals surface area (Å²) in [6.45, 7) is 1.69. The van der Waals surface area contributed by atoms with Gasteiger partial charge in [0, 0.05) is 24.7 Å². The van der Waals surface area contributed by atoms with Crippen LogP contribution in [0.1, 0.15) is 18.4 Å². The smallest absolute Gasteiger partial charge is 0.240 e. The first kappa shape index (κ1) is 16.2. The third-order valence-corrected chi connectivity index (χ3v) is 5.38. The molecule has 0 saturated carbocycles. The molecule has 1 aliphatic rings. The molecule has 1 aliphatic heterocycles. The molecule has 1 aromatic rings. The van der Waals surface area contributed by atoms with Gasteiger partial charge in [0.05, 0.1) is 12.0 Å². The van der Waals surface area contributed by atoms with Crippen LogP contribution in [0.5, 0.6) is 5.75 Å². The zero-order valence-electron chi connectivity index (χ0n) is 12.5. The average Bonchev–Trinajstić information content (AvgIpc) is 2.89. The van der Waals surface area contributed by atoms with Crippen LogP contribution in [-0.4, -0.2) is 46.6 Å². The summed E-state index contributed by atoms with van der Waals surface area (Å²) in [6, 6.07) is 5.02. The number of methoxy groups -OCH3 is 1. The molecule has 118 valence electrons. The molecular weight excluding hydrogens is 290 g/mol. The van der Waals surface area contributed by atoms with E-state index in [1.54, 1.807) is 18.2 Å². The number of benzene rings is 1. The lowest BCUT2D eigenvalue weighted by molar-refractivity contribution is 0.311. The van der Waals surface area contributed by atoms with Gasteiger partial charge in [0.2, 0.25) is 10.0 Å². The SMILES string of the molecule is COc1ccc(S(=O)(=O)NCC2CCCN2C)cc1CN. The van der Waals surface area contributed by atoms with Gasteiger partial charge in [0.15, 0.2) is 0 Å². The van der Waals surface area contributed by atoms with Crippen LogP contribution in [0.4, 0.5) is 0 Å². The van der Waals surface area contributed by atoms with Crippen LogP contribution in [0.25, 0.3) is 0 Å². The van der Waals surface area contributed by atoms with Crippen molar-refractivity contribution in [1.29, 1.82) is 0 Å². The molecule has 3 N–H and O–H groups in total. The lowest BCUT2D eigenvalue weighted by Crippen LogP contribution is -2.38. The molecule has 0 aromatic heterocycles. The van der Waals surface area contributed by atoms with Gasteiger partial charge < -0.3 is 15.4 Å². The van der Waals surface area contributed by atoms with E-state index in [-0.39, 0.29) is 17.5 Å². The highest BCUT2D eigenvalue weighted by molar-refractivity contribution is 7.89. The van der Waals surface area contributed by atoms with Gasteiger partial charge in [-0.3, -0.25) is 0 Å². The highest BCUT2D eigenvalue weighted by Gasteiger charge is 2.23. The molecule has 21 heavy (non-hydrogen) atoms. The van der Waals surface area contributed by atoms with Crippen LogP contribution < -0.4 is 15.2 Å². The van der Waals surface area contributed by atoms with Gasteiger partial charge in [-0.1, -0.05) is 0 Å². The largest absolute Gasteiger partial charge is 0.496 e. The third kappa shape index (κ3) is 3.74. The zero-order chi connectivity index (χ0) is 15.5. The van der Waals surface area contributed by atoms with Gasteiger partial charge in [-0.2, -0.15) is 0 Å². The number of nitrogens with two attached hydrogens (primary N) is 1. The Balaban J connectivity index is 2.11. The number of likely N-dealkylation sites (N-methyl/N-ethyl adjacent to an activating group) is 1. The molecule has 1 atom stereocenters. The van der Waals surface area contributed by atoms with E-state index < -0.39 is 10.0 Å². The van der Waals surface area contributed by atoms with Crippen LogP contribution in [0, 0.1) is 0 Å². The van der Waals surface area contributed by atoms with Crippen molar-refractivity contribution in [3.8, 4) is 5.75 Å². The Morgan fingerprint density at radius 1 is 1.48 bits per heavy atom. The van der Waals surface area contributed by atoms with Crippen molar-refractivity contribution in [2.24, 2.45) is 5.73 Å². The van der Waals surface area contributed by atoms with E-state index in [1.807, 2.05) is 7.05 Å². The van der Waals surface area contributed by atoms with Crippen molar-refractivity contribution >= 4 is 10.0 Å². The molecular formula is C14H23N3O3S. The minimum atomic E-state index is -3.52. The summed E-state index contributed by atoms with van der Waals surface area (Å²) < 4.78 is 32.5. The Morgan fingerprint density at radius 2 is 2.24 bits per heavy atom. The third-order valence-electron chi connectivity index (χ3n) is 3.96. The minimum absolute atomic E-state index is 0.226. The number of rotatable bonds is 6. The molecule has 0 aliphatic carbocycles. The molecule has 1 aromatic carbocycles. The monoisotopic (exact) mass is 313 g/mol. The van der Waals surface area contributed by atoms with E-state index >= 15 is 0 Å². The number of nitrogens with zero attached hydrogens (tertiary/aromatic N) is 1. The normalized spacial score (nSPS) is 19.9. The maximum Gasteiger partial charge on any atom is 0.240 e. The second kappa shape index (κ2) is 6.74. The molecule has 0 radical (unpaired) electrons. The Bertz CT molecular complexity index is 589. The summed E-state index contributed by atoms with van der Waals surface area (Å²) in [7, 11) is 0.0417. The fraction of sp³-hybridized carbons (Fsp3) is 0.571. The standard InChI is InChI=1S/C14H23N3O3S/c1-17-7-3-4-12(17)10-16-21(18,19)13-5-6-14(20-2)11(8-13)9-15/h5-6,8,12,16H,3-4,7,9-10,15H2,1-2H3. The quantitative estimate of drug-likeness (QED) is 0.800. The van der Waals surface area contributed by atoms with E-state index in [4.69, 9.17) is 10.5 Å². The van der Waals surface area contributed by atoms with Crippen LogP contribution >= 0.6 is 0 Å². The average molecular weight is 313 g/mol. The fourth-order valence-electron chi connectivity index (χ4n) is 2.61. The molecule has 1 unspecified atom stereocenters. The first-order valence-corrected chi connectivity index (χ1v) is 8.53. The maximum absolute atomic E-state index is 12.4. The van der Waals surface area contributed by atoms with Gasteiger partial charge in [0.1, 0.15) is 5.75 Å². The van der Waals surface area contributed by atoms with Crippen molar-refractivity contribution in [1.82, 2.24) is 9.62 Å². The Kier molecular flexibility index (Phi) is 5.21. The van der Waals surface area contributed by atoms with Crippen molar-refractivity contribution in [3.63, 3.8) is 0 Å². The van der Waals surface area contributed by atoms with Crippen molar-refractivity contribution in [2.45, 2.75) is 30.3 Å². The Morgan fingerprint density at radius 3 is 2.81 bits per heavy atom. The number of likely N-dealkylation sites (tertiary alicyclic amines) is 1. The Labute approximate surface area is 126 Å². The summed E-state index contributed by atoms with van der Waals surface area (Å²) in [4.78, 5) is 2.41. The first-order valence-electron chi connectivity index (χ1n) is 7.05. The van der Waals surface area contributed by atoms with E-state index in [0.717, 1.165) is 19.4 Å². The van der Waals surface area contributed by atoms with Crippen molar-refractivity contribution in [3.05, 3.63) is 23.8 Å². The zero-order valence-corrected chi connectivity index (χ0v) is 13.3. The maximum atomic E-state index is 12.4. The summed E-state index contributed by atoms with van der Waals surface area (Å²) in [5.41, 5.74) is 6.31. The molecule has 0 amide bonds. The highest BCUT2D eigenvalue weighted by Crippen LogP contribution is 2.22. The molecule has 1 heterocycles. The van der Waals surface area contributed by atoms with Gasteiger partial charge in [-0.05, 0) is 44.6 Å². The Hall–Kier alpha value is -1.15. The lowest BCUT2D eigenvalue weighted by atomic mass is 10.2. The van der Waals surface area contributed by atoms with E-state index in [0.29, 0.717) is 17.9 Å². The molecule has 1 fully saturated rings. The van der Waals surface area contributed by atoms with Crippen LogP contribution in [-0.2, 0) is 16.6 Å². The highest BCUT2D eigenvalue weighted by atomic mass is 32.2. The van der Waals surface area contributed by atoms with Crippen LogP contribution in [0.15, 0.2) is 23.1 Å². The predicted octanol–water partition coefficient (Wildman–Crippen LogP) is 0.526. The van der Waals surface area contributed by atoms with Gasteiger partial charge in [-0.25, -0.2) is 13.1 Å². The van der Waals surface area contributed by atoms with Gasteiger partial charge in [-0.15, -0.1) is 0 Å².